The van der Waals surface area contributed by atoms with Crippen molar-refractivity contribution in [1.29, 1.82) is 0 Å². The van der Waals surface area contributed by atoms with E-state index in [9.17, 15) is 5.11 Å². The zero-order chi connectivity index (χ0) is 22.2. The molecule has 0 aromatic heterocycles. The van der Waals surface area contributed by atoms with E-state index in [1.165, 1.54) is 38.5 Å². The maximum atomic E-state index is 10.4. The van der Waals surface area contributed by atoms with Crippen LogP contribution in [-0.4, -0.2) is 22.4 Å². The SMILES string of the molecule is CC(C)[C@@H](C)CC[C@@H](C)[C@@H]1CC[C@H]2[C@]1(C)CC[C@H]1[C@]23C=C[C@]2(C[C@@H](O)CC[C@]12C)OO3. The molecule has 31 heavy (non-hydrogen) atoms. The van der Waals surface area contributed by atoms with Crippen molar-refractivity contribution in [2.75, 3.05) is 0 Å². The molecule has 0 unspecified atom stereocenters. The fourth-order valence-corrected chi connectivity index (χ4v) is 9.14. The number of rotatable bonds is 5. The van der Waals surface area contributed by atoms with Crippen LogP contribution in [0.15, 0.2) is 12.2 Å². The normalized spacial score (nSPS) is 52.5. The Morgan fingerprint density at radius 1 is 0.903 bits per heavy atom. The maximum Gasteiger partial charge on any atom is 0.130 e. The van der Waals surface area contributed by atoms with Gasteiger partial charge in [-0.2, -0.15) is 0 Å². The Bertz CT molecular complexity index is 732. The predicted molar refractivity (Wildman–Crippen MR) is 124 cm³/mol. The lowest BCUT2D eigenvalue weighted by Crippen LogP contribution is -2.73. The standard InChI is InChI=1S/C28H46O3/c1-18(2)19(3)7-8-20(4)22-9-10-23-25(22,5)13-12-24-26(6)14-11-21(29)17-27(26)15-16-28(23,24)31-30-27/h15-16,18-24,29H,7-14,17H2,1-6H3/t19-,20+,21-,22-,23-,24+,25+,26+,27+,28-/m0/s1. The Hall–Kier alpha value is -0.380. The van der Waals surface area contributed by atoms with Crippen LogP contribution < -0.4 is 0 Å². The molecule has 10 atom stereocenters. The molecule has 2 heterocycles. The second kappa shape index (κ2) is 7.31. The molecule has 0 aromatic rings. The third kappa shape index (κ3) is 2.94. The molecule has 3 saturated carbocycles. The summed E-state index contributed by atoms with van der Waals surface area (Å²) >= 11 is 0. The molecule has 0 amide bonds. The Morgan fingerprint density at radius 3 is 2.35 bits per heavy atom. The van der Waals surface area contributed by atoms with Gasteiger partial charge in [0.05, 0.1) is 6.10 Å². The number of fused-ring (bicyclic) bond motifs is 2. The first-order chi connectivity index (χ1) is 14.6. The molecule has 176 valence electrons. The number of aliphatic hydroxyl groups is 1. The minimum absolute atomic E-state index is 0.0803. The molecule has 1 N–H and O–H groups in total. The van der Waals surface area contributed by atoms with Gasteiger partial charge < -0.3 is 5.11 Å². The highest BCUT2D eigenvalue weighted by molar-refractivity contribution is 5.33. The number of hydrogen-bond acceptors (Lipinski definition) is 3. The minimum atomic E-state index is -0.427. The summed E-state index contributed by atoms with van der Waals surface area (Å²) in [6.45, 7) is 14.7. The van der Waals surface area contributed by atoms with E-state index in [1.54, 1.807) is 0 Å². The molecular formula is C28H46O3. The van der Waals surface area contributed by atoms with E-state index in [0.717, 1.165) is 36.5 Å². The van der Waals surface area contributed by atoms with Gasteiger partial charge in [0.25, 0.3) is 0 Å². The van der Waals surface area contributed by atoms with Crippen LogP contribution in [0.5, 0.6) is 0 Å². The van der Waals surface area contributed by atoms with Gasteiger partial charge in [-0.1, -0.05) is 60.5 Å². The lowest BCUT2D eigenvalue weighted by molar-refractivity contribution is -0.497. The van der Waals surface area contributed by atoms with Crippen molar-refractivity contribution in [1.82, 2.24) is 0 Å². The molecule has 1 saturated heterocycles. The quantitative estimate of drug-likeness (QED) is 0.390. The number of hydrogen-bond donors (Lipinski definition) is 1. The van der Waals surface area contributed by atoms with Gasteiger partial charge in [-0.05, 0) is 73.7 Å². The third-order valence-corrected chi connectivity index (χ3v) is 11.6. The average molecular weight is 431 g/mol. The topological polar surface area (TPSA) is 38.7 Å². The molecule has 4 fully saturated rings. The molecule has 3 nitrogen and oxygen atoms in total. The summed E-state index contributed by atoms with van der Waals surface area (Å²) < 4.78 is 0. The van der Waals surface area contributed by atoms with Gasteiger partial charge in [-0.25, -0.2) is 9.78 Å². The van der Waals surface area contributed by atoms with Gasteiger partial charge in [0.2, 0.25) is 0 Å². The van der Waals surface area contributed by atoms with Gasteiger partial charge in [-0.3, -0.25) is 0 Å². The highest BCUT2D eigenvalue weighted by Gasteiger charge is 2.74. The zero-order valence-electron chi connectivity index (χ0n) is 20.8. The Morgan fingerprint density at radius 2 is 1.68 bits per heavy atom. The lowest BCUT2D eigenvalue weighted by Gasteiger charge is -2.69. The summed E-state index contributed by atoms with van der Waals surface area (Å²) in [6, 6.07) is 0. The first-order valence-corrected chi connectivity index (χ1v) is 13.3. The summed E-state index contributed by atoms with van der Waals surface area (Å²) in [5, 5.41) is 10.4. The highest BCUT2D eigenvalue weighted by Crippen LogP contribution is 2.72. The van der Waals surface area contributed by atoms with E-state index in [4.69, 9.17) is 9.78 Å². The van der Waals surface area contributed by atoms with Gasteiger partial charge in [0.1, 0.15) is 11.2 Å². The van der Waals surface area contributed by atoms with E-state index in [1.807, 2.05) is 0 Å². The summed E-state index contributed by atoms with van der Waals surface area (Å²) in [6.07, 6.45) is 15.0. The molecular weight excluding hydrogens is 384 g/mol. The van der Waals surface area contributed by atoms with E-state index >= 15 is 0 Å². The Labute approximate surface area is 190 Å². The highest BCUT2D eigenvalue weighted by atomic mass is 17.2. The van der Waals surface area contributed by atoms with Crippen molar-refractivity contribution < 1.29 is 14.9 Å². The Kier molecular flexibility index (Phi) is 5.28. The van der Waals surface area contributed by atoms with Crippen molar-refractivity contribution in [2.45, 2.75) is 117 Å². The third-order valence-electron chi connectivity index (χ3n) is 11.6. The fraction of sp³-hybridized carbons (Fsp3) is 0.929. The molecule has 6 aliphatic rings. The van der Waals surface area contributed by atoms with Gasteiger partial charge in [-0.15, -0.1) is 0 Å². The van der Waals surface area contributed by atoms with Crippen LogP contribution in [0.3, 0.4) is 0 Å². The van der Waals surface area contributed by atoms with Gasteiger partial charge in [0.15, 0.2) is 0 Å². The second-order valence-corrected chi connectivity index (χ2v) is 13.2. The lowest BCUT2D eigenvalue weighted by atomic mass is 9.42. The molecule has 4 aliphatic carbocycles. The first-order valence-electron chi connectivity index (χ1n) is 13.3. The molecule has 2 bridgehead atoms. The van der Waals surface area contributed by atoms with Gasteiger partial charge >= 0.3 is 0 Å². The van der Waals surface area contributed by atoms with E-state index in [0.29, 0.717) is 23.7 Å². The summed E-state index contributed by atoms with van der Waals surface area (Å²) in [7, 11) is 0. The van der Waals surface area contributed by atoms with Crippen molar-refractivity contribution in [2.24, 2.45) is 46.3 Å². The molecule has 0 aromatic carbocycles. The Balaban J connectivity index is 1.41. The van der Waals surface area contributed by atoms with Crippen molar-refractivity contribution in [3.63, 3.8) is 0 Å². The molecule has 3 heteroatoms. The minimum Gasteiger partial charge on any atom is -0.393 e. The summed E-state index contributed by atoms with van der Waals surface area (Å²) in [5.74, 6) is 4.22. The monoisotopic (exact) mass is 430 g/mol. The van der Waals surface area contributed by atoms with Crippen LogP contribution in [-0.2, 0) is 9.78 Å². The predicted octanol–water partition coefficient (Wildman–Crippen LogP) is 6.70. The second-order valence-electron chi connectivity index (χ2n) is 13.2. The summed E-state index contributed by atoms with van der Waals surface area (Å²) in [5.41, 5.74) is -0.266. The largest absolute Gasteiger partial charge is 0.393 e. The maximum absolute atomic E-state index is 10.4. The van der Waals surface area contributed by atoms with Crippen LogP contribution in [0, 0.1) is 46.3 Å². The van der Waals surface area contributed by atoms with Crippen LogP contribution in [0.1, 0.15) is 99.3 Å². The molecule has 6 rings (SSSR count). The smallest absolute Gasteiger partial charge is 0.130 e. The van der Waals surface area contributed by atoms with Crippen molar-refractivity contribution >= 4 is 0 Å². The van der Waals surface area contributed by atoms with Crippen LogP contribution in [0.4, 0.5) is 0 Å². The van der Waals surface area contributed by atoms with E-state index < -0.39 is 5.60 Å². The van der Waals surface area contributed by atoms with Crippen LogP contribution in [0.2, 0.25) is 0 Å². The van der Waals surface area contributed by atoms with E-state index in [2.05, 4.69) is 53.7 Å². The zero-order valence-corrected chi connectivity index (χ0v) is 20.8. The van der Waals surface area contributed by atoms with E-state index in [-0.39, 0.29) is 17.1 Å². The van der Waals surface area contributed by atoms with Crippen molar-refractivity contribution in [3.05, 3.63) is 12.2 Å². The summed E-state index contributed by atoms with van der Waals surface area (Å²) in [4.78, 5) is 12.8. The molecule has 2 spiro atoms. The fourth-order valence-electron chi connectivity index (χ4n) is 9.14. The molecule has 2 aliphatic heterocycles. The van der Waals surface area contributed by atoms with Crippen molar-refractivity contribution in [3.8, 4) is 0 Å². The number of aliphatic hydroxyl groups excluding tert-OH is 1. The van der Waals surface area contributed by atoms with Gasteiger partial charge in [0, 0.05) is 23.7 Å². The van der Waals surface area contributed by atoms with Crippen LogP contribution >= 0.6 is 0 Å². The first kappa shape index (κ1) is 22.4. The average Bonchev–Trinajstić information content (AvgIpc) is 3.09. The van der Waals surface area contributed by atoms with Crippen LogP contribution in [0.25, 0.3) is 0 Å². The molecule has 0 radical (unpaired) electrons.